The maximum absolute atomic E-state index is 13.7. The van der Waals surface area contributed by atoms with Crippen LogP contribution in [-0.4, -0.2) is 31.3 Å². The summed E-state index contributed by atoms with van der Waals surface area (Å²) < 4.78 is 15.3. The molecule has 0 aliphatic heterocycles. The highest BCUT2D eigenvalue weighted by Gasteiger charge is 2.16. The van der Waals surface area contributed by atoms with E-state index in [1.54, 1.807) is 24.0 Å². The molecule has 8 heteroatoms. The Morgan fingerprint density at radius 3 is 3.00 bits per heavy atom. The Morgan fingerprint density at radius 2 is 2.13 bits per heavy atom. The lowest BCUT2D eigenvalue weighted by molar-refractivity contribution is 0.628. The van der Waals surface area contributed by atoms with Crippen molar-refractivity contribution in [1.82, 2.24) is 24.7 Å². The highest BCUT2D eigenvalue weighted by Crippen LogP contribution is 2.32. The van der Waals surface area contributed by atoms with Crippen molar-refractivity contribution in [3.63, 3.8) is 0 Å². The number of benzene rings is 2. The van der Waals surface area contributed by atoms with Crippen molar-refractivity contribution < 1.29 is 4.39 Å². The zero-order chi connectivity index (χ0) is 21.4. The van der Waals surface area contributed by atoms with E-state index in [1.165, 1.54) is 12.1 Å². The van der Waals surface area contributed by atoms with Crippen LogP contribution >= 0.6 is 0 Å². The molecule has 0 bridgehead atoms. The van der Waals surface area contributed by atoms with Crippen LogP contribution in [0, 0.1) is 17.1 Å². The Labute approximate surface area is 177 Å². The van der Waals surface area contributed by atoms with E-state index in [2.05, 4.69) is 26.5 Å². The number of hydrogen-bond acceptors (Lipinski definition) is 5. The molecule has 0 saturated carbocycles. The lowest BCUT2D eigenvalue weighted by atomic mass is 10.1. The number of halogens is 1. The largest absolute Gasteiger partial charge is 0.384 e. The van der Waals surface area contributed by atoms with Crippen molar-refractivity contribution in [3.05, 3.63) is 60.7 Å². The summed E-state index contributed by atoms with van der Waals surface area (Å²) in [5.41, 5.74) is 6.21. The molecule has 0 fully saturated rings. The van der Waals surface area contributed by atoms with Crippen LogP contribution in [0.1, 0.15) is 6.42 Å². The number of fused-ring (bicyclic) bond motifs is 2. The lowest BCUT2D eigenvalue weighted by Gasteiger charge is -2.06. The molecule has 0 spiro atoms. The fourth-order valence-corrected chi connectivity index (χ4v) is 3.70. The molecule has 0 unspecified atom stereocenters. The van der Waals surface area contributed by atoms with Crippen LogP contribution < -0.4 is 5.32 Å². The van der Waals surface area contributed by atoms with E-state index in [-0.39, 0.29) is 5.82 Å². The number of aryl methyl sites for hydroxylation is 1. The second-order valence-electron chi connectivity index (χ2n) is 7.20. The molecule has 5 aromatic rings. The van der Waals surface area contributed by atoms with Gasteiger partial charge in [-0.2, -0.15) is 10.4 Å². The lowest BCUT2D eigenvalue weighted by Crippen LogP contribution is -1.99. The van der Waals surface area contributed by atoms with Crippen molar-refractivity contribution in [2.75, 3.05) is 11.9 Å². The summed E-state index contributed by atoms with van der Waals surface area (Å²) in [5, 5.41) is 17.4. The first-order chi connectivity index (χ1) is 15.1. The number of nitrogens with one attached hydrogen (secondary N) is 2. The Kier molecular flexibility index (Phi) is 4.56. The van der Waals surface area contributed by atoms with Crippen LogP contribution in [-0.2, 0) is 7.05 Å². The Morgan fingerprint density at radius 1 is 1.23 bits per heavy atom. The molecule has 2 aromatic carbocycles. The van der Waals surface area contributed by atoms with Gasteiger partial charge in [-0.15, -0.1) is 0 Å². The average molecular weight is 411 g/mol. The molecule has 0 radical (unpaired) electrons. The zero-order valence-corrected chi connectivity index (χ0v) is 16.7. The number of anilines is 1. The molecule has 5 rings (SSSR count). The summed E-state index contributed by atoms with van der Waals surface area (Å²) in [7, 11) is 1.78. The van der Waals surface area contributed by atoms with Gasteiger partial charge < -0.3 is 10.3 Å². The van der Waals surface area contributed by atoms with Gasteiger partial charge in [-0.05, 0) is 35.9 Å². The maximum atomic E-state index is 13.7. The van der Waals surface area contributed by atoms with Crippen LogP contribution in [0.3, 0.4) is 0 Å². The van der Waals surface area contributed by atoms with Gasteiger partial charge in [0.15, 0.2) is 5.65 Å². The molecule has 0 saturated heterocycles. The zero-order valence-electron chi connectivity index (χ0n) is 16.7. The third-order valence-corrected chi connectivity index (χ3v) is 5.18. The molecule has 31 heavy (non-hydrogen) atoms. The predicted molar refractivity (Wildman–Crippen MR) is 118 cm³/mol. The fraction of sp³-hybridized carbons (Fsp3) is 0.130. The van der Waals surface area contributed by atoms with Crippen molar-refractivity contribution in [2.24, 2.45) is 7.05 Å². The Bertz CT molecular complexity index is 1460. The van der Waals surface area contributed by atoms with E-state index in [9.17, 15) is 4.39 Å². The van der Waals surface area contributed by atoms with Crippen LogP contribution in [0.5, 0.6) is 0 Å². The molecule has 3 aromatic heterocycles. The minimum atomic E-state index is -0.306. The van der Waals surface area contributed by atoms with E-state index in [1.807, 2.05) is 30.5 Å². The minimum Gasteiger partial charge on any atom is -0.384 e. The van der Waals surface area contributed by atoms with Gasteiger partial charge in [0.2, 0.25) is 0 Å². The van der Waals surface area contributed by atoms with Gasteiger partial charge in [0.25, 0.3) is 0 Å². The molecule has 0 aliphatic rings. The van der Waals surface area contributed by atoms with E-state index < -0.39 is 0 Å². The van der Waals surface area contributed by atoms with E-state index in [4.69, 9.17) is 10.2 Å². The second kappa shape index (κ2) is 7.54. The maximum Gasteiger partial charge on any atom is 0.156 e. The summed E-state index contributed by atoms with van der Waals surface area (Å²) in [4.78, 5) is 12.5. The van der Waals surface area contributed by atoms with E-state index in [0.29, 0.717) is 35.5 Å². The molecular formula is C23H18FN7. The molecule has 2 N–H and O–H groups in total. The summed E-state index contributed by atoms with van der Waals surface area (Å²) >= 11 is 0. The van der Waals surface area contributed by atoms with Crippen molar-refractivity contribution in [1.29, 1.82) is 5.26 Å². The highest BCUT2D eigenvalue weighted by atomic mass is 19.1. The van der Waals surface area contributed by atoms with Gasteiger partial charge in [0.05, 0.1) is 24.2 Å². The van der Waals surface area contributed by atoms with Crippen LogP contribution in [0.2, 0.25) is 0 Å². The van der Waals surface area contributed by atoms with E-state index in [0.717, 1.165) is 27.7 Å². The normalized spacial score (nSPS) is 11.1. The monoisotopic (exact) mass is 411 g/mol. The fourth-order valence-electron chi connectivity index (χ4n) is 3.70. The van der Waals surface area contributed by atoms with Crippen LogP contribution in [0.15, 0.2) is 54.9 Å². The van der Waals surface area contributed by atoms with Gasteiger partial charge in [0.1, 0.15) is 22.7 Å². The topological polar surface area (TPSA) is 95.2 Å². The number of rotatable bonds is 5. The molecular weight excluding hydrogens is 393 g/mol. The molecule has 0 atom stereocenters. The van der Waals surface area contributed by atoms with E-state index >= 15 is 0 Å². The molecule has 152 valence electrons. The Hall–Kier alpha value is -4.25. The first-order valence-electron chi connectivity index (χ1n) is 9.82. The quantitative estimate of drug-likeness (QED) is 0.411. The van der Waals surface area contributed by atoms with Crippen molar-refractivity contribution in [2.45, 2.75) is 6.42 Å². The Balaban J connectivity index is 1.59. The summed E-state index contributed by atoms with van der Waals surface area (Å²) in [6.45, 7) is 0.588. The van der Waals surface area contributed by atoms with Gasteiger partial charge in [-0.3, -0.25) is 4.68 Å². The van der Waals surface area contributed by atoms with Crippen LogP contribution in [0.25, 0.3) is 44.6 Å². The minimum absolute atomic E-state index is 0.306. The number of nitrogens with zero attached hydrogens (tertiary/aromatic N) is 5. The summed E-state index contributed by atoms with van der Waals surface area (Å²) in [5.74, 6) is -0.306. The molecule has 3 heterocycles. The first kappa shape index (κ1) is 18.8. The predicted octanol–water partition coefficient (Wildman–Crippen LogP) is 4.64. The van der Waals surface area contributed by atoms with Crippen LogP contribution in [0.4, 0.5) is 10.1 Å². The number of nitriles is 1. The molecule has 7 nitrogen and oxygen atoms in total. The third-order valence-electron chi connectivity index (χ3n) is 5.18. The average Bonchev–Trinajstić information content (AvgIpc) is 3.35. The summed E-state index contributed by atoms with van der Waals surface area (Å²) in [6, 6.07) is 14.7. The third kappa shape index (κ3) is 3.36. The number of H-pyrrole nitrogens is 1. The smallest absolute Gasteiger partial charge is 0.156 e. The van der Waals surface area contributed by atoms with Gasteiger partial charge >= 0.3 is 0 Å². The number of aromatic nitrogens is 5. The molecule has 0 aliphatic carbocycles. The molecule has 0 amide bonds. The first-order valence-corrected chi connectivity index (χ1v) is 9.82. The summed E-state index contributed by atoms with van der Waals surface area (Å²) in [6.07, 6.45) is 4.00. The van der Waals surface area contributed by atoms with Gasteiger partial charge in [-0.1, -0.05) is 12.1 Å². The number of aromatic amines is 1. The highest BCUT2D eigenvalue weighted by molar-refractivity contribution is 5.95. The van der Waals surface area contributed by atoms with Crippen molar-refractivity contribution in [3.8, 4) is 28.6 Å². The van der Waals surface area contributed by atoms with Crippen molar-refractivity contribution >= 4 is 27.8 Å². The standard InChI is InChI=1S/C23H18FN7/c1-31-20-11-15(24)6-7-17(20)21(30-31)19-13-28-23-22(29-19)18(12-27-23)14-4-2-5-16(10-14)26-9-3-8-25/h2,4-7,10-13,26H,3,9H2,1H3,(H,27,28). The van der Waals surface area contributed by atoms with Gasteiger partial charge in [-0.25, -0.2) is 14.4 Å². The SMILES string of the molecule is Cn1nc(-c2cnc3[nH]cc(-c4cccc(NCCC#N)c4)c3n2)c2ccc(F)cc21. The van der Waals surface area contributed by atoms with Gasteiger partial charge in [0, 0.05) is 36.4 Å². The number of hydrogen-bond donors (Lipinski definition) is 2. The second-order valence-corrected chi connectivity index (χ2v) is 7.20.